The summed E-state index contributed by atoms with van der Waals surface area (Å²) in [6, 6.07) is 16.6. The molecule has 25 heavy (non-hydrogen) atoms. The average molecular weight is 361 g/mol. The molecule has 1 aliphatic heterocycles. The van der Waals surface area contributed by atoms with E-state index < -0.39 is 0 Å². The molecule has 0 spiro atoms. The van der Waals surface area contributed by atoms with E-state index in [1.54, 1.807) is 12.1 Å². The van der Waals surface area contributed by atoms with Crippen molar-refractivity contribution in [3.8, 4) is 6.07 Å². The second kappa shape index (κ2) is 8.96. The van der Waals surface area contributed by atoms with Gasteiger partial charge in [-0.15, -0.1) is 12.4 Å². The first-order valence-electron chi connectivity index (χ1n) is 8.25. The molecule has 1 heterocycles. The third-order valence-electron chi connectivity index (χ3n) is 4.76. The number of halogens is 2. The summed E-state index contributed by atoms with van der Waals surface area (Å²) >= 11 is 0. The molecule has 0 bridgehead atoms. The van der Waals surface area contributed by atoms with Crippen molar-refractivity contribution in [3.63, 3.8) is 0 Å². The summed E-state index contributed by atoms with van der Waals surface area (Å²) in [5, 5.41) is 12.4. The highest BCUT2D eigenvalue weighted by molar-refractivity contribution is 5.85. The lowest BCUT2D eigenvalue weighted by Crippen LogP contribution is -2.42. The Morgan fingerprint density at radius 2 is 1.84 bits per heavy atom. The summed E-state index contributed by atoms with van der Waals surface area (Å²) in [4.78, 5) is 0. The maximum atomic E-state index is 13.7. The standard InChI is InChI=1S/C20H21FN2O.ClH/c21-19-3-1-2-18(12-19)20(8-10-24-11-9-20)15-23-14-17-6-4-16(13-22)5-7-17;/h1-7,12,23H,8-11,14-15H2;1H. The highest BCUT2D eigenvalue weighted by Gasteiger charge is 2.34. The Kier molecular flexibility index (Phi) is 6.95. The van der Waals surface area contributed by atoms with Crippen molar-refractivity contribution in [1.29, 1.82) is 5.26 Å². The molecule has 0 atom stereocenters. The zero-order valence-corrected chi connectivity index (χ0v) is 14.8. The molecule has 3 rings (SSSR count). The molecule has 3 nitrogen and oxygen atoms in total. The second-order valence-electron chi connectivity index (χ2n) is 6.32. The Morgan fingerprint density at radius 1 is 1.12 bits per heavy atom. The summed E-state index contributed by atoms with van der Waals surface area (Å²) in [6.45, 7) is 2.91. The van der Waals surface area contributed by atoms with E-state index in [1.807, 2.05) is 30.3 Å². The summed E-state index contributed by atoms with van der Waals surface area (Å²) in [5.74, 6) is -0.189. The van der Waals surface area contributed by atoms with Gasteiger partial charge in [0.25, 0.3) is 0 Å². The number of nitriles is 1. The number of rotatable bonds is 5. The van der Waals surface area contributed by atoms with Gasteiger partial charge in [0.05, 0.1) is 11.6 Å². The van der Waals surface area contributed by atoms with E-state index >= 15 is 0 Å². The first-order chi connectivity index (χ1) is 11.7. The maximum Gasteiger partial charge on any atom is 0.123 e. The van der Waals surface area contributed by atoms with Crippen LogP contribution in [-0.2, 0) is 16.7 Å². The predicted molar refractivity (Wildman–Crippen MR) is 98.2 cm³/mol. The number of ether oxygens (including phenoxy) is 1. The number of nitrogens with zero attached hydrogens (tertiary/aromatic N) is 1. The van der Waals surface area contributed by atoms with Gasteiger partial charge in [0.15, 0.2) is 0 Å². The molecule has 0 radical (unpaired) electrons. The lowest BCUT2D eigenvalue weighted by molar-refractivity contribution is 0.0497. The van der Waals surface area contributed by atoms with Gasteiger partial charge in [-0.05, 0) is 48.2 Å². The molecule has 1 aliphatic rings. The average Bonchev–Trinajstić information content (AvgIpc) is 2.63. The molecular formula is C20H22ClFN2O. The molecule has 0 aromatic heterocycles. The van der Waals surface area contributed by atoms with Gasteiger partial charge < -0.3 is 10.1 Å². The van der Waals surface area contributed by atoms with E-state index in [-0.39, 0.29) is 23.6 Å². The smallest absolute Gasteiger partial charge is 0.123 e. The number of hydrogen-bond donors (Lipinski definition) is 1. The van der Waals surface area contributed by atoms with Gasteiger partial charge in [0.1, 0.15) is 5.82 Å². The van der Waals surface area contributed by atoms with Crippen molar-refractivity contribution in [1.82, 2.24) is 5.32 Å². The van der Waals surface area contributed by atoms with Gasteiger partial charge in [0.2, 0.25) is 0 Å². The molecule has 2 aromatic rings. The van der Waals surface area contributed by atoms with Crippen molar-refractivity contribution in [3.05, 3.63) is 71.0 Å². The molecule has 0 unspecified atom stereocenters. The van der Waals surface area contributed by atoms with Gasteiger partial charge in [-0.2, -0.15) is 5.26 Å². The van der Waals surface area contributed by atoms with Crippen LogP contribution in [0.25, 0.3) is 0 Å². The second-order valence-corrected chi connectivity index (χ2v) is 6.32. The van der Waals surface area contributed by atoms with Crippen LogP contribution in [0, 0.1) is 17.1 Å². The van der Waals surface area contributed by atoms with E-state index in [9.17, 15) is 4.39 Å². The molecular weight excluding hydrogens is 339 g/mol. The summed E-state index contributed by atoms with van der Waals surface area (Å²) < 4.78 is 19.2. The van der Waals surface area contributed by atoms with Crippen LogP contribution in [0.15, 0.2) is 48.5 Å². The van der Waals surface area contributed by atoms with Crippen LogP contribution in [0.3, 0.4) is 0 Å². The maximum absolute atomic E-state index is 13.7. The highest BCUT2D eigenvalue weighted by atomic mass is 35.5. The van der Waals surface area contributed by atoms with Gasteiger partial charge in [0, 0.05) is 31.7 Å². The van der Waals surface area contributed by atoms with E-state index in [0.717, 1.165) is 37.1 Å². The molecule has 0 amide bonds. The molecule has 1 saturated heterocycles. The van der Waals surface area contributed by atoms with Gasteiger partial charge in [-0.3, -0.25) is 0 Å². The van der Waals surface area contributed by atoms with Crippen molar-refractivity contribution in [2.75, 3.05) is 19.8 Å². The summed E-state index contributed by atoms with van der Waals surface area (Å²) in [7, 11) is 0. The monoisotopic (exact) mass is 360 g/mol. The Hall–Kier alpha value is -1.93. The SMILES string of the molecule is Cl.N#Cc1ccc(CNCC2(c3cccc(F)c3)CCOCC2)cc1. The van der Waals surface area contributed by atoms with Crippen LogP contribution >= 0.6 is 12.4 Å². The zero-order valence-electron chi connectivity index (χ0n) is 14.0. The highest BCUT2D eigenvalue weighted by Crippen LogP contribution is 2.34. The van der Waals surface area contributed by atoms with Crippen LogP contribution in [0.4, 0.5) is 4.39 Å². The minimum absolute atomic E-state index is 0. The molecule has 1 fully saturated rings. The van der Waals surface area contributed by atoms with Crippen LogP contribution in [-0.4, -0.2) is 19.8 Å². The van der Waals surface area contributed by atoms with Crippen molar-refractivity contribution in [2.24, 2.45) is 0 Å². The summed E-state index contributed by atoms with van der Waals surface area (Å²) in [6.07, 6.45) is 1.77. The molecule has 5 heteroatoms. The third-order valence-corrected chi connectivity index (χ3v) is 4.76. The van der Waals surface area contributed by atoms with E-state index in [2.05, 4.69) is 11.4 Å². The van der Waals surface area contributed by atoms with Crippen LogP contribution in [0.1, 0.15) is 29.5 Å². The fourth-order valence-electron chi connectivity index (χ4n) is 3.29. The van der Waals surface area contributed by atoms with Gasteiger partial charge in [-0.25, -0.2) is 4.39 Å². The predicted octanol–water partition coefficient (Wildman–Crippen LogP) is 3.96. The molecule has 0 aliphatic carbocycles. The molecule has 132 valence electrons. The fourth-order valence-corrected chi connectivity index (χ4v) is 3.29. The minimum Gasteiger partial charge on any atom is -0.381 e. The minimum atomic E-state index is -0.189. The molecule has 0 saturated carbocycles. The van der Waals surface area contributed by atoms with Crippen LogP contribution in [0.5, 0.6) is 0 Å². The number of nitrogens with one attached hydrogen (secondary N) is 1. The quantitative estimate of drug-likeness (QED) is 0.877. The number of benzene rings is 2. The first kappa shape index (κ1) is 19.4. The Labute approximate surface area is 154 Å². The third kappa shape index (κ3) is 4.79. The zero-order chi connectivity index (χ0) is 16.8. The van der Waals surface area contributed by atoms with Crippen molar-refractivity contribution in [2.45, 2.75) is 24.8 Å². The fraction of sp³-hybridized carbons (Fsp3) is 0.350. The van der Waals surface area contributed by atoms with Gasteiger partial charge in [-0.1, -0.05) is 24.3 Å². The lowest BCUT2D eigenvalue weighted by Gasteiger charge is -2.38. The molecule has 2 aromatic carbocycles. The Balaban J connectivity index is 0.00000225. The van der Waals surface area contributed by atoms with Crippen molar-refractivity contribution >= 4 is 12.4 Å². The van der Waals surface area contributed by atoms with E-state index in [4.69, 9.17) is 10.00 Å². The largest absolute Gasteiger partial charge is 0.381 e. The van der Waals surface area contributed by atoms with Crippen molar-refractivity contribution < 1.29 is 9.13 Å². The molecule has 1 N–H and O–H groups in total. The Morgan fingerprint density at radius 3 is 2.48 bits per heavy atom. The normalized spacial score (nSPS) is 15.8. The van der Waals surface area contributed by atoms with Crippen LogP contribution < -0.4 is 5.32 Å². The van der Waals surface area contributed by atoms with E-state index in [0.29, 0.717) is 18.8 Å². The lowest BCUT2D eigenvalue weighted by atomic mass is 9.74. The van der Waals surface area contributed by atoms with E-state index in [1.165, 1.54) is 6.07 Å². The Bertz CT molecular complexity index is 721. The van der Waals surface area contributed by atoms with Crippen LogP contribution in [0.2, 0.25) is 0 Å². The van der Waals surface area contributed by atoms with Gasteiger partial charge >= 0.3 is 0 Å². The first-order valence-corrected chi connectivity index (χ1v) is 8.25. The number of hydrogen-bond acceptors (Lipinski definition) is 3. The topological polar surface area (TPSA) is 45.0 Å². The summed E-state index contributed by atoms with van der Waals surface area (Å²) in [5.41, 5.74) is 2.75.